The van der Waals surface area contributed by atoms with Crippen LogP contribution in [0.4, 0.5) is 10.5 Å². The monoisotopic (exact) mass is 221 g/mol. The van der Waals surface area contributed by atoms with Crippen molar-refractivity contribution < 1.29 is 9.59 Å². The maximum absolute atomic E-state index is 11.6. The summed E-state index contributed by atoms with van der Waals surface area (Å²) in [7, 11) is 0. The molecule has 4 N–H and O–H groups in total. The molecule has 0 aromatic heterocycles. The molecule has 0 saturated carbocycles. The number of carbonyl (C=O) groups is 2. The minimum atomic E-state index is -0.715. The molecule has 3 amide bonds. The van der Waals surface area contributed by atoms with Crippen molar-refractivity contribution >= 4 is 17.6 Å². The molecule has 0 spiro atoms. The van der Waals surface area contributed by atoms with Crippen molar-refractivity contribution in [1.29, 1.82) is 0 Å². The first-order valence-electron chi connectivity index (χ1n) is 4.93. The summed E-state index contributed by atoms with van der Waals surface area (Å²) in [6.45, 7) is 3.46. The van der Waals surface area contributed by atoms with Crippen LogP contribution < -0.4 is 16.4 Å². The van der Waals surface area contributed by atoms with Crippen LogP contribution in [0.3, 0.4) is 0 Å². The molecule has 5 heteroatoms. The van der Waals surface area contributed by atoms with Gasteiger partial charge in [0.2, 0.25) is 5.91 Å². The Balaban J connectivity index is 2.64. The van der Waals surface area contributed by atoms with Gasteiger partial charge in [0.05, 0.1) is 0 Å². The molecule has 0 heterocycles. The van der Waals surface area contributed by atoms with Crippen molar-refractivity contribution in [3.63, 3.8) is 0 Å². The van der Waals surface area contributed by atoms with Crippen LogP contribution in [0, 0.1) is 6.92 Å². The van der Waals surface area contributed by atoms with Crippen molar-refractivity contribution in [2.45, 2.75) is 19.9 Å². The molecule has 86 valence electrons. The predicted molar refractivity (Wildman–Crippen MR) is 62.0 cm³/mol. The molecule has 0 radical (unpaired) electrons. The Morgan fingerprint density at radius 3 is 2.50 bits per heavy atom. The number of para-hydroxylation sites is 1. The van der Waals surface area contributed by atoms with Crippen molar-refractivity contribution in [3.05, 3.63) is 29.8 Å². The molecule has 1 atom stereocenters. The van der Waals surface area contributed by atoms with Gasteiger partial charge in [-0.2, -0.15) is 0 Å². The van der Waals surface area contributed by atoms with Gasteiger partial charge in [0, 0.05) is 5.69 Å². The van der Waals surface area contributed by atoms with Gasteiger partial charge < -0.3 is 16.4 Å². The van der Waals surface area contributed by atoms with E-state index in [-0.39, 0.29) is 5.91 Å². The number of urea groups is 1. The largest absolute Gasteiger partial charge is 0.352 e. The normalized spacial score (nSPS) is 11.6. The molecule has 0 saturated heterocycles. The summed E-state index contributed by atoms with van der Waals surface area (Å²) in [6, 6.07) is 6.03. The first-order valence-corrected chi connectivity index (χ1v) is 4.93. The zero-order chi connectivity index (χ0) is 12.1. The zero-order valence-electron chi connectivity index (χ0n) is 9.28. The van der Waals surface area contributed by atoms with E-state index >= 15 is 0 Å². The molecular formula is C11H15N3O2. The van der Waals surface area contributed by atoms with Gasteiger partial charge in [0.25, 0.3) is 0 Å². The van der Waals surface area contributed by atoms with Crippen molar-refractivity contribution in [1.82, 2.24) is 5.32 Å². The van der Waals surface area contributed by atoms with Gasteiger partial charge in [-0.1, -0.05) is 18.2 Å². The SMILES string of the molecule is Cc1ccccc1NC(=O)C(C)NC(N)=O. The molecule has 0 bridgehead atoms. The molecule has 0 fully saturated rings. The van der Waals surface area contributed by atoms with Crippen molar-refractivity contribution in [2.24, 2.45) is 5.73 Å². The van der Waals surface area contributed by atoms with Gasteiger partial charge in [-0.25, -0.2) is 4.79 Å². The fraction of sp³-hybridized carbons (Fsp3) is 0.273. The van der Waals surface area contributed by atoms with Crippen LogP contribution >= 0.6 is 0 Å². The molecule has 0 aliphatic carbocycles. The lowest BCUT2D eigenvalue weighted by Crippen LogP contribution is -2.44. The highest BCUT2D eigenvalue weighted by Gasteiger charge is 2.14. The summed E-state index contributed by atoms with van der Waals surface area (Å²) >= 11 is 0. The first kappa shape index (κ1) is 12.0. The second kappa shape index (κ2) is 5.16. The van der Waals surface area contributed by atoms with Gasteiger partial charge >= 0.3 is 6.03 Å². The van der Waals surface area contributed by atoms with Crippen LogP contribution in [0.5, 0.6) is 0 Å². The maximum atomic E-state index is 11.6. The summed E-state index contributed by atoms with van der Waals surface area (Å²) in [6.07, 6.45) is 0. The Labute approximate surface area is 94.0 Å². The number of carbonyl (C=O) groups excluding carboxylic acids is 2. The Kier molecular flexibility index (Phi) is 3.88. The lowest BCUT2D eigenvalue weighted by Gasteiger charge is -2.13. The summed E-state index contributed by atoms with van der Waals surface area (Å²) in [5, 5.41) is 5.02. The third-order valence-electron chi connectivity index (χ3n) is 2.15. The van der Waals surface area contributed by atoms with E-state index in [1.54, 1.807) is 13.0 Å². The number of nitrogens with two attached hydrogens (primary N) is 1. The standard InChI is InChI=1S/C11H15N3O2/c1-7-5-3-4-6-9(7)14-10(15)8(2)13-11(12)16/h3-6,8H,1-2H3,(H,14,15)(H3,12,13,16). The van der Waals surface area contributed by atoms with Crippen LogP contribution in [0.15, 0.2) is 24.3 Å². The molecule has 0 aliphatic heterocycles. The number of primary amides is 1. The van der Waals surface area contributed by atoms with Gasteiger partial charge in [0.1, 0.15) is 6.04 Å². The molecular weight excluding hydrogens is 206 g/mol. The number of amides is 3. The Morgan fingerprint density at radius 2 is 1.94 bits per heavy atom. The molecule has 1 rings (SSSR count). The molecule has 1 unspecified atom stereocenters. The topological polar surface area (TPSA) is 84.2 Å². The number of rotatable bonds is 3. The highest BCUT2D eigenvalue weighted by Crippen LogP contribution is 2.13. The highest BCUT2D eigenvalue weighted by atomic mass is 16.2. The Bertz CT molecular complexity index is 404. The number of anilines is 1. The average molecular weight is 221 g/mol. The second-order valence-corrected chi connectivity index (χ2v) is 3.53. The van der Waals surface area contributed by atoms with Crippen LogP contribution in [0.2, 0.25) is 0 Å². The first-order chi connectivity index (χ1) is 7.50. The fourth-order valence-electron chi connectivity index (χ4n) is 1.23. The van der Waals surface area contributed by atoms with E-state index in [0.29, 0.717) is 0 Å². The molecule has 0 aliphatic rings. The van der Waals surface area contributed by atoms with E-state index in [9.17, 15) is 9.59 Å². The van der Waals surface area contributed by atoms with Crippen molar-refractivity contribution in [3.8, 4) is 0 Å². The zero-order valence-corrected chi connectivity index (χ0v) is 9.28. The molecule has 1 aromatic rings. The van der Waals surface area contributed by atoms with E-state index in [2.05, 4.69) is 10.6 Å². The summed E-state index contributed by atoms with van der Waals surface area (Å²) in [5.74, 6) is -0.298. The molecule has 5 nitrogen and oxygen atoms in total. The number of nitrogens with one attached hydrogen (secondary N) is 2. The summed E-state index contributed by atoms with van der Waals surface area (Å²) in [5.41, 5.74) is 6.61. The second-order valence-electron chi connectivity index (χ2n) is 3.53. The molecule has 1 aromatic carbocycles. The Hall–Kier alpha value is -2.04. The van der Waals surface area contributed by atoms with Gasteiger partial charge in [-0.3, -0.25) is 4.79 Å². The van der Waals surface area contributed by atoms with E-state index in [1.807, 2.05) is 25.1 Å². The Morgan fingerprint density at radius 1 is 1.31 bits per heavy atom. The number of aryl methyl sites for hydroxylation is 1. The van der Waals surface area contributed by atoms with Gasteiger partial charge in [-0.05, 0) is 25.5 Å². The number of benzene rings is 1. The maximum Gasteiger partial charge on any atom is 0.312 e. The average Bonchev–Trinajstić information content (AvgIpc) is 2.20. The van der Waals surface area contributed by atoms with E-state index in [1.165, 1.54) is 0 Å². The van der Waals surface area contributed by atoms with Gasteiger partial charge in [0.15, 0.2) is 0 Å². The quantitative estimate of drug-likeness (QED) is 0.711. The fourth-order valence-corrected chi connectivity index (χ4v) is 1.23. The van der Waals surface area contributed by atoms with Crippen LogP contribution in [-0.2, 0) is 4.79 Å². The molecule has 16 heavy (non-hydrogen) atoms. The highest BCUT2D eigenvalue weighted by molar-refractivity contribution is 5.97. The summed E-state index contributed by atoms with van der Waals surface area (Å²) in [4.78, 5) is 22.2. The minimum absolute atomic E-state index is 0.298. The lowest BCUT2D eigenvalue weighted by molar-refractivity contribution is -0.117. The van der Waals surface area contributed by atoms with Crippen LogP contribution in [0.25, 0.3) is 0 Å². The third-order valence-corrected chi connectivity index (χ3v) is 2.15. The smallest absolute Gasteiger partial charge is 0.312 e. The number of hydrogen-bond donors (Lipinski definition) is 3. The van der Waals surface area contributed by atoms with E-state index in [0.717, 1.165) is 11.3 Å². The van der Waals surface area contributed by atoms with Crippen LogP contribution in [-0.4, -0.2) is 18.0 Å². The van der Waals surface area contributed by atoms with Gasteiger partial charge in [-0.15, -0.1) is 0 Å². The third kappa shape index (κ3) is 3.27. The lowest BCUT2D eigenvalue weighted by atomic mass is 10.2. The summed E-state index contributed by atoms with van der Waals surface area (Å²) < 4.78 is 0. The predicted octanol–water partition coefficient (Wildman–Crippen LogP) is 0.990. The van der Waals surface area contributed by atoms with E-state index < -0.39 is 12.1 Å². The number of hydrogen-bond acceptors (Lipinski definition) is 2. The van der Waals surface area contributed by atoms with Crippen molar-refractivity contribution in [2.75, 3.05) is 5.32 Å². The minimum Gasteiger partial charge on any atom is -0.352 e. The van der Waals surface area contributed by atoms with E-state index in [4.69, 9.17) is 5.73 Å². The van der Waals surface area contributed by atoms with Crippen LogP contribution in [0.1, 0.15) is 12.5 Å².